The number of aryl methyl sites for hydroxylation is 1. The van der Waals surface area contributed by atoms with Gasteiger partial charge in [0, 0.05) is 42.5 Å². The summed E-state index contributed by atoms with van der Waals surface area (Å²) < 4.78 is 0. The van der Waals surface area contributed by atoms with Crippen LogP contribution in [0.15, 0.2) is 42.5 Å². The number of likely N-dealkylation sites (tertiary alicyclic amines) is 1. The van der Waals surface area contributed by atoms with Crippen molar-refractivity contribution < 1.29 is 9.59 Å². The van der Waals surface area contributed by atoms with Gasteiger partial charge in [0.15, 0.2) is 5.69 Å². The van der Waals surface area contributed by atoms with Crippen molar-refractivity contribution in [1.82, 2.24) is 25.4 Å². The zero-order valence-electron chi connectivity index (χ0n) is 19.1. The molecule has 4 N–H and O–H groups in total. The molecule has 0 bridgehead atoms. The molecule has 1 aliphatic heterocycles. The Morgan fingerprint density at radius 2 is 1.88 bits per heavy atom. The molecule has 8 heteroatoms. The van der Waals surface area contributed by atoms with E-state index in [4.69, 9.17) is 5.73 Å². The highest BCUT2D eigenvalue weighted by molar-refractivity contribution is 5.98. The van der Waals surface area contributed by atoms with Crippen LogP contribution in [-0.2, 0) is 13.0 Å². The van der Waals surface area contributed by atoms with Crippen molar-refractivity contribution in [2.24, 2.45) is 0 Å². The van der Waals surface area contributed by atoms with Crippen LogP contribution in [-0.4, -0.2) is 45.0 Å². The van der Waals surface area contributed by atoms with E-state index in [1.54, 1.807) is 6.07 Å². The molecule has 0 saturated carbocycles. The normalized spacial score (nSPS) is 14.3. The lowest BCUT2D eigenvalue weighted by Gasteiger charge is -2.31. The maximum atomic E-state index is 12.9. The number of carbonyl (C=O) groups is 2. The highest BCUT2D eigenvalue weighted by Gasteiger charge is 2.28. The molecule has 3 heterocycles. The number of aromatic amines is 1. The van der Waals surface area contributed by atoms with Crippen LogP contribution >= 0.6 is 0 Å². The van der Waals surface area contributed by atoms with Crippen LogP contribution in [0.25, 0.3) is 0 Å². The van der Waals surface area contributed by atoms with E-state index in [0.29, 0.717) is 30.9 Å². The number of pyridine rings is 1. The first-order valence-corrected chi connectivity index (χ1v) is 11.4. The van der Waals surface area contributed by atoms with Crippen molar-refractivity contribution in [1.29, 1.82) is 0 Å². The number of nitrogens with one attached hydrogen (secondary N) is 2. The van der Waals surface area contributed by atoms with Gasteiger partial charge in [-0.3, -0.25) is 14.7 Å². The van der Waals surface area contributed by atoms with Gasteiger partial charge < -0.3 is 16.0 Å². The van der Waals surface area contributed by atoms with Crippen molar-refractivity contribution >= 4 is 17.6 Å². The fraction of sp³-hybridized carbons (Fsp3) is 0.360. The Morgan fingerprint density at radius 1 is 1.15 bits per heavy atom. The molecular weight excluding hydrogens is 416 g/mol. The molecule has 1 fully saturated rings. The third kappa shape index (κ3) is 4.89. The summed E-state index contributed by atoms with van der Waals surface area (Å²) in [5.41, 5.74) is 10.8. The highest BCUT2D eigenvalue weighted by Crippen LogP contribution is 2.29. The molecule has 0 aliphatic carbocycles. The minimum atomic E-state index is -0.239. The molecule has 0 atom stereocenters. The molecule has 172 valence electrons. The van der Waals surface area contributed by atoms with Crippen molar-refractivity contribution in [3.63, 3.8) is 0 Å². The maximum absolute atomic E-state index is 12.9. The second kappa shape index (κ2) is 9.85. The van der Waals surface area contributed by atoms with Gasteiger partial charge in [0.05, 0.1) is 5.56 Å². The Morgan fingerprint density at radius 3 is 2.52 bits per heavy atom. The quantitative estimate of drug-likeness (QED) is 0.538. The van der Waals surface area contributed by atoms with E-state index in [0.717, 1.165) is 41.8 Å². The largest absolute Gasteiger partial charge is 0.383 e. The SMILES string of the molecule is CCc1[nH]nc(C(=O)N2CCC(c3ccc(C(=O)NCc4ccccc4)c(N)n3)CC2)c1C. The molecule has 3 aromatic rings. The zero-order valence-corrected chi connectivity index (χ0v) is 19.1. The number of anilines is 1. The van der Waals surface area contributed by atoms with E-state index in [-0.39, 0.29) is 23.6 Å². The lowest BCUT2D eigenvalue weighted by molar-refractivity contribution is 0.0705. The highest BCUT2D eigenvalue weighted by atomic mass is 16.2. The summed E-state index contributed by atoms with van der Waals surface area (Å²) in [6.07, 6.45) is 2.41. The number of hydrogen-bond acceptors (Lipinski definition) is 5. The number of nitrogen functional groups attached to an aromatic ring is 1. The molecule has 1 saturated heterocycles. The maximum Gasteiger partial charge on any atom is 0.274 e. The topological polar surface area (TPSA) is 117 Å². The fourth-order valence-electron chi connectivity index (χ4n) is 4.30. The number of piperidine rings is 1. The molecular formula is C25H30N6O2. The van der Waals surface area contributed by atoms with Crippen LogP contribution in [0.4, 0.5) is 5.82 Å². The van der Waals surface area contributed by atoms with Crippen LogP contribution in [0.2, 0.25) is 0 Å². The molecule has 33 heavy (non-hydrogen) atoms. The first kappa shape index (κ1) is 22.5. The second-order valence-corrected chi connectivity index (χ2v) is 8.43. The number of aromatic nitrogens is 3. The number of carbonyl (C=O) groups excluding carboxylic acids is 2. The lowest BCUT2D eigenvalue weighted by Crippen LogP contribution is -2.38. The first-order chi connectivity index (χ1) is 16.0. The third-order valence-electron chi connectivity index (χ3n) is 6.35. The Labute approximate surface area is 193 Å². The molecule has 2 aromatic heterocycles. The molecule has 0 spiro atoms. The summed E-state index contributed by atoms with van der Waals surface area (Å²) in [7, 11) is 0. The summed E-state index contributed by atoms with van der Waals surface area (Å²) in [6, 6.07) is 13.3. The summed E-state index contributed by atoms with van der Waals surface area (Å²) in [4.78, 5) is 31.8. The Bertz CT molecular complexity index is 1130. The van der Waals surface area contributed by atoms with Crippen molar-refractivity contribution in [2.45, 2.75) is 45.6 Å². The van der Waals surface area contributed by atoms with E-state index < -0.39 is 0 Å². The first-order valence-electron chi connectivity index (χ1n) is 11.4. The molecule has 0 radical (unpaired) electrons. The monoisotopic (exact) mass is 446 g/mol. The summed E-state index contributed by atoms with van der Waals surface area (Å²) in [6.45, 7) is 5.68. The Kier molecular flexibility index (Phi) is 6.72. The van der Waals surface area contributed by atoms with Crippen LogP contribution < -0.4 is 11.1 Å². The van der Waals surface area contributed by atoms with Crippen molar-refractivity contribution in [2.75, 3.05) is 18.8 Å². The summed E-state index contributed by atoms with van der Waals surface area (Å²) in [5, 5.41) is 10.1. The molecule has 4 rings (SSSR count). The average molecular weight is 447 g/mol. The number of nitrogens with zero attached hydrogens (tertiary/aromatic N) is 3. The van der Waals surface area contributed by atoms with Gasteiger partial charge in [-0.25, -0.2) is 4.98 Å². The average Bonchev–Trinajstić information content (AvgIpc) is 3.23. The minimum Gasteiger partial charge on any atom is -0.383 e. The molecule has 0 unspecified atom stereocenters. The number of rotatable bonds is 6. The number of H-pyrrole nitrogens is 1. The minimum absolute atomic E-state index is 0.0280. The predicted octanol–water partition coefficient (Wildman–Crippen LogP) is 3.21. The van der Waals surface area contributed by atoms with Gasteiger partial charge in [0.2, 0.25) is 0 Å². The van der Waals surface area contributed by atoms with E-state index in [1.165, 1.54) is 0 Å². The second-order valence-electron chi connectivity index (χ2n) is 8.43. The number of nitrogens with two attached hydrogens (primary N) is 1. The smallest absolute Gasteiger partial charge is 0.274 e. The van der Waals surface area contributed by atoms with E-state index >= 15 is 0 Å². The number of amides is 2. The fourth-order valence-corrected chi connectivity index (χ4v) is 4.30. The summed E-state index contributed by atoms with van der Waals surface area (Å²) in [5.74, 6) is 0.163. The van der Waals surface area contributed by atoms with Gasteiger partial charge in [0.25, 0.3) is 11.8 Å². The van der Waals surface area contributed by atoms with Crippen molar-refractivity contribution in [3.8, 4) is 0 Å². The Balaban J connectivity index is 1.35. The Hall–Kier alpha value is -3.68. The van der Waals surface area contributed by atoms with Gasteiger partial charge in [0.1, 0.15) is 5.82 Å². The number of hydrogen-bond donors (Lipinski definition) is 3. The van der Waals surface area contributed by atoms with Gasteiger partial charge in [-0.05, 0) is 43.9 Å². The zero-order chi connectivity index (χ0) is 23.4. The van der Waals surface area contributed by atoms with Crippen molar-refractivity contribution in [3.05, 3.63) is 76.2 Å². The van der Waals surface area contributed by atoms with Crippen LogP contribution in [0, 0.1) is 6.92 Å². The predicted molar refractivity (Wildman–Crippen MR) is 127 cm³/mol. The molecule has 8 nitrogen and oxygen atoms in total. The molecule has 2 amide bonds. The summed E-state index contributed by atoms with van der Waals surface area (Å²) >= 11 is 0. The number of benzene rings is 1. The van der Waals surface area contributed by atoms with Gasteiger partial charge in [-0.15, -0.1) is 0 Å². The van der Waals surface area contributed by atoms with Gasteiger partial charge >= 0.3 is 0 Å². The van der Waals surface area contributed by atoms with Gasteiger partial charge in [-0.2, -0.15) is 5.10 Å². The van der Waals surface area contributed by atoms with E-state index in [2.05, 4.69) is 20.5 Å². The van der Waals surface area contributed by atoms with E-state index in [9.17, 15) is 9.59 Å². The lowest BCUT2D eigenvalue weighted by atomic mass is 9.92. The van der Waals surface area contributed by atoms with Crippen LogP contribution in [0.1, 0.15) is 69.0 Å². The van der Waals surface area contributed by atoms with E-state index in [1.807, 2.05) is 55.1 Å². The van der Waals surface area contributed by atoms with Crippen LogP contribution in [0.3, 0.4) is 0 Å². The molecule has 1 aromatic carbocycles. The molecule has 1 aliphatic rings. The van der Waals surface area contributed by atoms with Gasteiger partial charge in [-0.1, -0.05) is 37.3 Å². The standard InChI is InChI=1S/C25H30N6O2/c1-3-20-16(2)22(30-29-20)25(33)31-13-11-18(12-14-31)21-10-9-19(23(26)28-21)24(32)27-15-17-7-5-4-6-8-17/h4-10,18H,3,11-15H2,1-2H3,(H2,26,28)(H,27,32)(H,29,30). The van der Waals surface area contributed by atoms with Crippen LogP contribution in [0.5, 0.6) is 0 Å². The third-order valence-corrected chi connectivity index (χ3v) is 6.35.